The second-order valence-corrected chi connectivity index (χ2v) is 6.30. The SMILES string of the molecule is CC1(C)CCCC(NCc2ccccc2C(=O)O)C1. The third kappa shape index (κ3) is 3.80. The number of carboxylic acids is 1. The first-order valence-electron chi connectivity index (χ1n) is 7.02. The van der Waals surface area contributed by atoms with Crippen molar-refractivity contribution < 1.29 is 9.90 Å². The molecule has 1 aromatic carbocycles. The van der Waals surface area contributed by atoms with Crippen LogP contribution in [-0.4, -0.2) is 17.1 Å². The number of carbonyl (C=O) groups is 1. The van der Waals surface area contributed by atoms with Gasteiger partial charge in [-0.15, -0.1) is 0 Å². The molecule has 0 bridgehead atoms. The summed E-state index contributed by atoms with van der Waals surface area (Å²) in [4.78, 5) is 11.1. The topological polar surface area (TPSA) is 49.3 Å². The zero-order chi connectivity index (χ0) is 13.9. The lowest BCUT2D eigenvalue weighted by atomic mass is 9.75. The molecule has 0 heterocycles. The molecule has 0 spiro atoms. The van der Waals surface area contributed by atoms with E-state index in [0.717, 1.165) is 5.56 Å². The van der Waals surface area contributed by atoms with E-state index in [2.05, 4.69) is 19.2 Å². The lowest BCUT2D eigenvalue weighted by molar-refractivity contribution is 0.0695. The van der Waals surface area contributed by atoms with Crippen LogP contribution < -0.4 is 5.32 Å². The highest BCUT2D eigenvalue weighted by molar-refractivity contribution is 5.89. The number of hydrogen-bond acceptors (Lipinski definition) is 2. The summed E-state index contributed by atoms with van der Waals surface area (Å²) >= 11 is 0. The van der Waals surface area contributed by atoms with Crippen molar-refractivity contribution in [3.63, 3.8) is 0 Å². The fraction of sp³-hybridized carbons (Fsp3) is 0.562. The monoisotopic (exact) mass is 261 g/mol. The van der Waals surface area contributed by atoms with Gasteiger partial charge in [0.05, 0.1) is 5.56 Å². The van der Waals surface area contributed by atoms with Crippen LogP contribution in [0.15, 0.2) is 24.3 Å². The van der Waals surface area contributed by atoms with Gasteiger partial charge in [-0.25, -0.2) is 4.79 Å². The van der Waals surface area contributed by atoms with Gasteiger partial charge in [0.2, 0.25) is 0 Å². The number of aromatic carboxylic acids is 1. The molecule has 1 fully saturated rings. The van der Waals surface area contributed by atoms with Crippen molar-refractivity contribution >= 4 is 5.97 Å². The third-order valence-corrected chi connectivity index (χ3v) is 4.03. The second kappa shape index (κ2) is 5.74. The Bertz CT molecular complexity index is 454. The molecule has 3 heteroatoms. The van der Waals surface area contributed by atoms with Crippen LogP contribution in [0.4, 0.5) is 0 Å². The Morgan fingerprint density at radius 2 is 2.16 bits per heavy atom. The molecular formula is C16H23NO2. The van der Waals surface area contributed by atoms with Crippen LogP contribution in [-0.2, 0) is 6.54 Å². The Labute approximate surface area is 115 Å². The first-order chi connectivity index (χ1) is 8.98. The number of rotatable bonds is 4. The fourth-order valence-electron chi connectivity index (χ4n) is 3.01. The minimum atomic E-state index is -0.846. The van der Waals surface area contributed by atoms with Crippen LogP contribution in [0.25, 0.3) is 0 Å². The molecule has 104 valence electrons. The van der Waals surface area contributed by atoms with Crippen molar-refractivity contribution in [2.75, 3.05) is 0 Å². The average molecular weight is 261 g/mol. The second-order valence-electron chi connectivity index (χ2n) is 6.30. The Morgan fingerprint density at radius 1 is 1.42 bits per heavy atom. The maximum absolute atomic E-state index is 11.1. The largest absolute Gasteiger partial charge is 0.478 e. The van der Waals surface area contributed by atoms with Gasteiger partial charge >= 0.3 is 5.97 Å². The van der Waals surface area contributed by atoms with E-state index < -0.39 is 5.97 Å². The van der Waals surface area contributed by atoms with E-state index in [9.17, 15) is 4.79 Å². The molecule has 3 nitrogen and oxygen atoms in total. The zero-order valence-corrected chi connectivity index (χ0v) is 11.8. The van der Waals surface area contributed by atoms with Gasteiger partial charge in [0.1, 0.15) is 0 Å². The predicted octanol–water partition coefficient (Wildman–Crippen LogP) is 3.44. The number of nitrogens with one attached hydrogen (secondary N) is 1. The first-order valence-corrected chi connectivity index (χ1v) is 7.02. The maximum Gasteiger partial charge on any atom is 0.336 e. The van der Waals surface area contributed by atoms with Gasteiger partial charge in [0, 0.05) is 12.6 Å². The Balaban J connectivity index is 1.97. The first kappa shape index (κ1) is 14.1. The lowest BCUT2D eigenvalue weighted by Gasteiger charge is -2.35. The predicted molar refractivity (Wildman–Crippen MR) is 76.3 cm³/mol. The molecule has 2 N–H and O–H groups in total. The van der Waals surface area contributed by atoms with Crippen molar-refractivity contribution in [3.8, 4) is 0 Å². The number of carboxylic acid groups (broad SMARTS) is 1. The zero-order valence-electron chi connectivity index (χ0n) is 11.8. The van der Waals surface area contributed by atoms with Crippen LogP contribution in [0.3, 0.4) is 0 Å². The molecule has 0 amide bonds. The fourth-order valence-corrected chi connectivity index (χ4v) is 3.01. The van der Waals surface area contributed by atoms with Gasteiger partial charge in [0.25, 0.3) is 0 Å². The van der Waals surface area contributed by atoms with Crippen molar-refractivity contribution in [2.45, 2.75) is 52.1 Å². The highest BCUT2D eigenvalue weighted by atomic mass is 16.4. The maximum atomic E-state index is 11.1. The van der Waals surface area contributed by atoms with E-state index in [4.69, 9.17) is 5.11 Å². The summed E-state index contributed by atoms with van der Waals surface area (Å²) in [6, 6.07) is 7.74. The normalized spacial score (nSPS) is 22.1. The summed E-state index contributed by atoms with van der Waals surface area (Å²) in [7, 11) is 0. The molecule has 1 aliphatic rings. The van der Waals surface area contributed by atoms with Crippen LogP contribution in [0.5, 0.6) is 0 Å². The molecule has 1 saturated carbocycles. The van der Waals surface area contributed by atoms with E-state index in [1.165, 1.54) is 25.7 Å². The van der Waals surface area contributed by atoms with E-state index >= 15 is 0 Å². The third-order valence-electron chi connectivity index (χ3n) is 4.03. The van der Waals surface area contributed by atoms with Crippen LogP contribution >= 0.6 is 0 Å². The highest BCUT2D eigenvalue weighted by Gasteiger charge is 2.27. The van der Waals surface area contributed by atoms with Crippen molar-refractivity contribution in [1.82, 2.24) is 5.32 Å². The molecule has 0 saturated heterocycles. The van der Waals surface area contributed by atoms with Gasteiger partial charge in [0.15, 0.2) is 0 Å². The van der Waals surface area contributed by atoms with E-state index in [1.54, 1.807) is 12.1 Å². The van der Waals surface area contributed by atoms with Gasteiger partial charge < -0.3 is 10.4 Å². The number of hydrogen-bond donors (Lipinski definition) is 2. The lowest BCUT2D eigenvalue weighted by Crippen LogP contribution is -2.37. The minimum absolute atomic E-state index is 0.405. The Morgan fingerprint density at radius 3 is 2.84 bits per heavy atom. The quantitative estimate of drug-likeness (QED) is 0.873. The molecule has 1 unspecified atom stereocenters. The van der Waals surface area contributed by atoms with E-state index in [-0.39, 0.29) is 0 Å². The molecule has 1 aromatic rings. The van der Waals surface area contributed by atoms with Crippen LogP contribution in [0.2, 0.25) is 0 Å². The molecule has 2 rings (SSSR count). The highest BCUT2D eigenvalue weighted by Crippen LogP contribution is 2.35. The van der Waals surface area contributed by atoms with Gasteiger partial charge in [-0.3, -0.25) is 0 Å². The Hall–Kier alpha value is -1.35. The van der Waals surface area contributed by atoms with Crippen molar-refractivity contribution in [1.29, 1.82) is 0 Å². The van der Waals surface area contributed by atoms with Gasteiger partial charge in [-0.1, -0.05) is 38.5 Å². The molecule has 0 radical (unpaired) electrons. The molecule has 19 heavy (non-hydrogen) atoms. The van der Waals surface area contributed by atoms with Crippen molar-refractivity contribution in [3.05, 3.63) is 35.4 Å². The molecule has 0 aromatic heterocycles. The molecule has 1 aliphatic carbocycles. The summed E-state index contributed by atoms with van der Waals surface area (Å²) in [5.74, 6) is -0.846. The summed E-state index contributed by atoms with van der Waals surface area (Å²) < 4.78 is 0. The average Bonchev–Trinajstić information content (AvgIpc) is 2.35. The molecule has 1 atom stereocenters. The van der Waals surface area contributed by atoms with E-state index in [0.29, 0.717) is 23.6 Å². The van der Waals surface area contributed by atoms with E-state index in [1.807, 2.05) is 12.1 Å². The summed E-state index contributed by atoms with van der Waals surface area (Å²) in [6.07, 6.45) is 4.91. The minimum Gasteiger partial charge on any atom is -0.478 e. The van der Waals surface area contributed by atoms with Crippen LogP contribution in [0, 0.1) is 5.41 Å². The summed E-state index contributed by atoms with van der Waals surface area (Å²) in [5, 5.41) is 12.7. The standard InChI is InChI=1S/C16H23NO2/c1-16(2)9-5-7-13(10-16)17-11-12-6-3-4-8-14(12)15(18)19/h3-4,6,8,13,17H,5,7,9-11H2,1-2H3,(H,18,19). The molecule has 0 aliphatic heterocycles. The van der Waals surface area contributed by atoms with Gasteiger partial charge in [-0.05, 0) is 36.3 Å². The number of benzene rings is 1. The van der Waals surface area contributed by atoms with Gasteiger partial charge in [-0.2, -0.15) is 0 Å². The summed E-state index contributed by atoms with van der Waals surface area (Å²) in [6.45, 7) is 5.27. The van der Waals surface area contributed by atoms with Crippen molar-refractivity contribution in [2.24, 2.45) is 5.41 Å². The van der Waals surface area contributed by atoms with Crippen LogP contribution in [0.1, 0.15) is 55.5 Å². The summed E-state index contributed by atoms with van der Waals surface area (Å²) in [5.41, 5.74) is 1.69. The Kier molecular flexibility index (Phi) is 4.25. The smallest absolute Gasteiger partial charge is 0.336 e. The molecular weight excluding hydrogens is 238 g/mol.